The van der Waals surface area contributed by atoms with Crippen LogP contribution in [0.25, 0.3) is 0 Å². The van der Waals surface area contributed by atoms with E-state index >= 15 is 0 Å². The number of hydrogen-bond donors (Lipinski definition) is 2. The topological polar surface area (TPSA) is 55.3 Å². The highest BCUT2D eigenvalue weighted by Crippen LogP contribution is 2.30. The van der Waals surface area contributed by atoms with E-state index in [-0.39, 0.29) is 0 Å². The number of hydrazine groups is 1. The number of benzene rings is 1. The van der Waals surface area contributed by atoms with E-state index < -0.39 is 0 Å². The maximum absolute atomic E-state index is 5.91. The van der Waals surface area contributed by atoms with Crippen LogP contribution in [-0.2, 0) is 0 Å². The normalized spacial score (nSPS) is 10.2. The molecule has 0 fully saturated rings. The molecule has 0 atom stereocenters. The lowest BCUT2D eigenvalue weighted by Gasteiger charge is -2.19. The van der Waals surface area contributed by atoms with E-state index in [9.17, 15) is 0 Å². The molecule has 1 aromatic carbocycles. The van der Waals surface area contributed by atoms with Crippen LogP contribution in [0.3, 0.4) is 0 Å². The van der Waals surface area contributed by atoms with Crippen LogP contribution >= 0.6 is 15.9 Å². The van der Waals surface area contributed by atoms with Crippen molar-refractivity contribution in [2.45, 2.75) is 13.8 Å². The minimum atomic E-state index is 0.735. The zero-order chi connectivity index (χ0) is 10.0. The van der Waals surface area contributed by atoms with Crippen LogP contribution in [0.5, 0.6) is 0 Å². The Bertz CT molecular complexity index is 312. The van der Waals surface area contributed by atoms with Crippen molar-refractivity contribution in [2.24, 2.45) is 5.84 Å². The molecule has 0 spiro atoms. The molecule has 72 valence electrons. The van der Waals surface area contributed by atoms with Crippen LogP contribution in [0.2, 0.25) is 0 Å². The highest BCUT2D eigenvalue weighted by atomic mass is 79.9. The van der Waals surface area contributed by atoms with Gasteiger partial charge in [-0.15, -0.1) is 0 Å². The fourth-order valence-corrected chi connectivity index (χ4v) is 1.45. The lowest BCUT2D eigenvalue weighted by molar-refractivity contribution is 0.892. The average molecular weight is 244 g/mol. The van der Waals surface area contributed by atoms with Crippen molar-refractivity contribution in [1.82, 2.24) is 0 Å². The largest absolute Gasteiger partial charge is 0.397 e. The molecule has 13 heavy (non-hydrogen) atoms. The first-order valence-electron chi connectivity index (χ1n) is 4.14. The van der Waals surface area contributed by atoms with Crippen molar-refractivity contribution in [1.29, 1.82) is 0 Å². The summed E-state index contributed by atoms with van der Waals surface area (Å²) in [5, 5.41) is 1.63. The molecule has 0 saturated heterocycles. The van der Waals surface area contributed by atoms with Gasteiger partial charge in [-0.2, -0.15) is 0 Å². The number of hydrogen-bond acceptors (Lipinski definition) is 3. The van der Waals surface area contributed by atoms with Gasteiger partial charge in [0.1, 0.15) is 0 Å². The van der Waals surface area contributed by atoms with E-state index in [1.54, 1.807) is 5.01 Å². The van der Waals surface area contributed by atoms with Crippen molar-refractivity contribution in [3.63, 3.8) is 0 Å². The molecule has 0 saturated carbocycles. The van der Waals surface area contributed by atoms with Crippen molar-refractivity contribution in [3.8, 4) is 0 Å². The van der Waals surface area contributed by atoms with Gasteiger partial charge in [0.05, 0.1) is 11.4 Å². The number of nitrogens with zero attached hydrogens (tertiary/aromatic N) is 1. The molecule has 0 aliphatic rings. The fraction of sp³-hybridized carbons (Fsp3) is 0.333. The molecular formula is C9H14BrN3. The molecule has 0 amide bonds. The maximum atomic E-state index is 5.91. The fourth-order valence-electron chi connectivity index (χ4n) is 1.11. The molecular weight excluding hydrogens is 230 g/mol. The van der Waals surface area contributed by atoms with Crippen LogP contribution in [0.15, 0.2) is 16.6 Å². The van der Waals surface area contributed by atoms with Crippen molar-refractivity contribution in [3.05, 3.63) is 22.2 Å². The van der Waals surface area contributed by atoms with Crippen molar-refractivity contribution in [2.75, 3.05) is 17.3 Å². The van der Waals surface area contributed by atoms with Gasteiger partial charge in [0.2, 0.25) is 0 Å². The Morgan fingerprint density at radius 3 is 2.62 bits per heavy atom. The number of nitrogen functional groups attached to an aromatic ring is 1. The summed E-state index contributed by atoms with van der Waals surface area (Å²) in [5.41, 5.74) is 8.55. The Morgan fingerprint density at radius 1 is 1.46 bits per heavy atom. The third-order valence-electron chi connectivity index (χ3n) is 2.08. The third kappa shape index (κ3) is 1.95. The molecule has 0 radical (unpaired) electrons. The molecule has 1 aromatic rings. The predicted molar refractivity (Wildman–Crippen MR) is 60.5 cm³/mol. The minimum Gasteiger partial charge on any atom is -0.397 e. The second kappa shape index (κ2) is 3.98. The SMILES string of the molecule is CCN(N)c1ccc(Br)c(C)c1N. The lowest BCUT2D eigenvalue weighted by Crippen LogP contribution is -2.31. The van der Waals surface area contributed by atoms with E-state index in [2.05, 4.69) is 15.9 Å². The zero-order valence-electron chi connectivity index (χ0n) is 7.84. The first kappa shape index (κ1) is 10.3. The summed E-state index contributed by atoms with van der Waals surface area (Å²) < 4.78 is 1.01. The van der Waals surface area contributed by atoms with E-state index in [4.69, 9.17) is 11.6 Å². The van der Waals surface area contributed by atoms with E-state index in [1.165, 1.54) is 0 Å². The minimum absolute atomic E-state index is 0.735. The van der Waals surface area contributed by atoms with Gasteiger partial charge in [-0.05, 0) is 31.5 Å². The summed E-state index contributed by atoms with van der Waals surface area (Å²) in [4.78, 5) is 0. The monoisotopic (exact) mass is 243 g/mol. The van der Waals surface area contributed by atoms with Gasteiger partial charge in [-0.1, -0.05) is 15.9 Å². The first-order valence-corrected chi connectivity index (χ1v) is 4.94. The highest BCUT2D eigenvalue weighted by Gasteiger charge is 2.07. The quantitative estimate of drug-likeness (QED) is 0.475. The number of halogens is 1. The Labute approximate surface area is 86.8 Å². The molecule has 1 rings (SSSR count). The van der Waals surface area contributed by atoms with Gasteiger partial charge in [0, 0.05) is 11.0 Å². The molecule has 0 unspecified atom stereocenters. The van der Waals surface area contributed by atoms with Crippen LogP contribution in [0.1, 0.15) is 12.5 Å². The van der Waals surface area contributed by atoms with Gasteiger partial charge in [0.25, 0.3) is 0 Å². The Balaban J connectivity index is 3.18. The van der Waals surface area contributed by atoms with Crippen LogP contribution < -0.4 is 16.6 Å². The van der Waals surface area contributed by atoms with E-state index in [0.29, 0.717) is 0 Å². The second-order valence-corrected chi connectivity index (χ2v) is 3.75. The highest BCUT2D eigenvalue weighted by molar-refractivity contribution is 9.10. The standard InChI is InChI=1S/C9H14BrN3/c1-3-13(12)8-5-4-7(10)6(2)9(8)11/h4-5H,3,11-12H2,1-2H3. The summed E-state index contributed by atoms with van der Waals surface area (Å²) >= 11 is 3.41. The third-order valence-corrected chi connectivity index (χ3v) is 2.93. The Kier molecular flexibility index (Phi) is 3.17. The number of nitrogens with two attached hydrogens (primary N) is 2. The lowest BCUT2D eigenvalue weighted by atomic mass is 10.1. The van der Waals surface area contributed by atoms with Crippen LogP contribution in [-0.4, -0.2) is 6.54 Å². The van der Waals surface area contributed by atoms with Crippen LogP contribution in [0.4, 0.5) is 11.4 Å². The molecule has 0 aromatic heterocycles. The molecule has 0 aliphatic heterocycles. The van der Waals surface area contributed by atoms with Crippen molar-refractivity contribution < 1.29 is 0 Å². The average Bonchev–Trinajstić information content (AvgIpc) is 2.13. The molecule has 0 heterocycles. The summed E-state index contributed by atoms with van der Waals surface area (Å²) in [7, 11) is 0. The summed E-state index contributed by atoms with van der Waals surface area (Å²) in [6, 6.07) is 3.87. The Morgan fingerprint density at radius 2 is 2.08 bits per heavy atom. The molecule has 0 aliphatic carbocycles. The maximum Gasteiger partial charge on any atom is 0.0749 e. The van der Waals surface area contributed by atoms with Gasteiger partial charge in [-0.25, -0.2) is 5.84 Å². The van der Waals surface area contributed by atoms with Crippen LogP contribution in [0, 0.1) is 6.92 Å². The summed E-state index contributed by atoms with van der Waals surface area (Å²) in [5.74, 6) is 5.75. The van der Waals surface area contributed by atoms with Gasteiger partial charge in [-0.3, -0.25) is 0 Å². The summed E-state index contributed by atoms with van der Waals surface area (Å²) in [6.07, 6.45) is 0. The molecule has 4 heteroatoms. The number of anilines is 2. The van der Waals surface area contributed by atoms with E-state index in [0.717, 1.165) is 28.0 Å². The molecule has 3 nitrogen and oxygen atoms in total. The van der Waals surface area contributed by atoms with E-state index in [1.807, 2.05) is 26.0 Å². The first-order chi connectivity index (χ1) is 6.07. The van der Waals surface area contributed by atoms with Gasteiger partial charge < -0.3 is 10.7 Å². The number of rotatable bonds is 2. The zero-order valence-corrected chi connectivity index (χ0v) is 9.43. The van der Waals surface area contributed by atoms with Gasteiger partial charge >= 0.3 is 0 Å². The summed E-state index contributed by atoms with van der Waals surface area (Å²) in [6.45, 7) is 4.69. The van der Waals surface area contributed by atoms with Gasteiger partial charge in [0.15, 0.2) is 0 Å². The molecule has 0 bridgehead atoms. The second-order valence-electron chi connectivity index (χ2n) is 2.89. The smallest absolute Gasteiger partial charge is 0.0749 e. The predicted octanol–water partition coefficient (Wildman–Crippen LogP) is 2.04. The molecule has 4 N–H and O–H groups in total. The Hall–Kier alpha value is -0.740. The van der Waals surface area contributed by atoms with Crippen molar-refractivity contribution >= 4 is 27.3 Å².